The second-order valence-electron chi connectivity index (χ2n) is 5.67. The zero-order chi connectivity index (χ0) is 16.5. The molecule has 2 N–H and O–H groups in total. The Kier molecular flexibility index (Phi) is 6.48. The first-order valence-corrected chi connectivity index (χ1v) is 7.93. The number of amides is 2. The number of carbonyl (C=O) groups excluding carboxylic acids is 1. The van der Waals surface area contributed by atoms with Crippen molar-refractivity contribution < 1.29 is 9.53 Å². The minimum Gasteiger partial charge on any atom is -0.492 e. The van der Waals surface area contributed by atoms with Gasteiger partial charge < -0.3 is 15.4 Å². The van der Waals surface area contributed by atoms with Crippen molar-refractivity contribution in [1.29, 1.82) is 0 Å². The van der Waals surface area contributed by atoms with Crippen LogP contribution in [0, 0.1) is 0 Å². The standard InChI is InChI=1S/C19H24N2O2/c1-15(2)17-8-10-18(11-9-17)23-13-12-20-19(22)21-14-16-6-4-3-5-7-16/h3-11,15H,12-14H2,1-2H3,(H2,20,21,22). The second kappa shape index (κ2) is 8.83. The molecule has 0 radical (unpaired) electrons. The van der Waals surface area contributed by atoms with Crippen molar-refractivity contribution in [2.45, 2.75) is 26.3 Å². The number of hydrogen-bond acceptors (Lipinski definition) is 2. The molecule has 0 unspecified atom stereocenters. The Morgan fingerprint density at radius 2 is 1.70 bits per heavy atom. The molecule has 4 nitrogen and oxygen atoms in total. The van der Waals surface area contributed by atoms with Crippen LogP contribution in [-0.4, -0.2) is 19.2 Å². The predicted octanol–water partition coefficient (Wildman–Crippen LogP) is 3.69. The van der Waals surface area contributed by atoms with Crippen LogP contribution in [-0.2, 0) is 6.54 Å². The highest BCUT2D eigenvalue weighted by atomic mass is 16.5. The van der Waals surface area contributed by atoms with Crippen molar-refractivity contribution in [1.82, 2.24) is 10.6 Å². The van der Waals surface area contributed by atoms with Gasteiger partial charge in [-0.15, -0.1) is 0 Å². The maximum Gasteiger partial charge on any atom is 0.315 e. The van der Waals surface area contributed by atoms with Crippen LogP contribution in [0.25, 0.3) is 0 Å². The van der Waals surface area contributed by atoms with Crippen LogP contribution >= 0.6 is 0 Å². The van der Waals surface area contributed by atoms with Gasteiger partial charge in [0.2, 0.25) is 0 Å². The summed E-state index contributed by atoms with van der Waals surface area (Å²) in [7, 11) is 0. The third-order valence-electron chi connectivity index (χ3n) is 3.50. The summed E-state index contributed by atoms with van der Waals surface area (Å²) >= 11 is 0. The molecule has 0 aromatic heterocycles. The van der Waals surface area contributed by atoms with E-state index < -0.39 is 0 Å². The van der Waals surface area contributed by atoms with Crippen molar-refractivity contribution in [3.8, 4) is 5.75 Å². The average Bonchev–Trinajstić information content (AvgIpc) is 2.58. The molecule has 2 aromatic carbocycles. The van der Waals surface area contributed by atoms with Crippen LogP contribution in [0.3, 0.4) is 0 Å². The summed E-state index contributed by atoms with van der Waals surface area (Å²) in [6.45, 7) is 5.75. The van der Waals surface area contributed by atoms with E-state index in [0.717, 1.165) is 11.3 Å². The van der Waals surface area contributed by atoms with Gasteiger partial charge in [-0.25, -0.2) is 4.79 Å². The molecule has 0 atom stereocenters. The van der Waals surface area contributed by atoms with Crippen molar-refractivity contribution in [3.05, 3.63) is 65.7 Å². The molecule has 0 fully saturated rings. The number of nitrogens with one attached hydrogen (secondary N) is 2. The molecule has 0 bridgehead atoms. The van der Waals surface area contributed by atoms with Gasteiger partial charge in [0.15, 0.2) is 0 Å². The lowest BCUT2D eigenvalue weighted by Gasteiger charge is -2.10. The van der Waals surface area contributed by atoms with E-state index in [9.17, 15) is 4.79 Å². The van der Waals surface area contributed by atoms with E-state index in [1.54, 1.807) is 0 Å². The fraction of sp³-hybridized carbons (Fsp3) is 0.316. The van der Waals surface area contributed by atoms with E-state index in [2.05, 4.69) is 36.6 Å². The monoisotopic (exact) mass is 312 g/mol. The van der Waals surface area contributed by atoms with Crippen molar-refractivity contribution in [3.63, 3.8) is 0 Å². The Morgan fingerprint density at radius 3 is 2.35 bits per heavy atom. The van der Waals surface area contributed by atoms with Crippen LogP contribution in [0.5, 0.6) is 5.75 Å². The van der Waals surface area contributed by atoms with Gasteiger partial charge >= 0.3 is 6.03 Å². The maximum atomic E-state index is 11.7. The molecule has 0 heterocycles. The topological polar surface area (TPSA) is 50.4 Å². The fourth-order valence-corrected chi connectivity index (χ4v) is 2.12. The number of urea groups is 1. The van der Waals surface area contributed by atoms with Gasteiger partial charge in [-0.05, 0) is 29.2 Å². The molecule has 0 saturated carbocycles. The van der Waals surface area contributed by atoms with E-state index in [4.69, 9.17) is 4.74 Å². The van der Waals surface area contributed by atoms with Crippen molar-refractivity contribution in [2.24, 2.45) is 0 Å². The minimum atomic E-state index is -0.187. The van der Waals surface area contributed by atoms with Gasteiger partial charge in [-0.2, -0.15) is 0 Å². The molecular formula is C19H24N2O2. The van der Waals surface area contributed by atoms with Gasteiger partial charge in [0, 0.05) is 6.54 Å². The molecule has 23 heavy (non-hydrogen) atoms. The van der Waals surface area contributed by atoms with Gasteiger partial charge in [-0.1, -0.05) is 56.3 Å². The molecule has 0 spiro atoms. The SMILES string of the molecule is CC(C)c1ccc(OCCNC(=O)NCc2ccccc2)cc1. The molecule has 0 aliphatic rings. The highest BCUT2D eigenvalue weighted by Gasteiger charge is 2.01. The zero-order valence-electron chi connectivity index (χ0n) is 13.7. The molecule has 122 valence electrons. The van der Waals surface area contributed by atoms with Gasteiger partial charge in [0.05, 0.1) is 6.54 Å². The van der Waals surface area contributed by atoms with Crippen molar-refractivity contribution >= 4 is 6.03 Å². The number of benzene rings is 2. The lowest BCUT2D eigenvalue weighted by molar-refractivity contribution is 0.236. The molecule has 2 amide bonds. The van der Waals surface area contributed by atoms with E-state index in [0.29, 0.717) is 25.6 Å². The number of hydrogen-bond donors (Lipinski definition) is 2. The summed E-state index contributed by atoms with van der Waals surface area (Å²) in [4.78, 5) is 11.7. The van der Waals surface area contributed by atoms with Gasteiger partial charge in [-0.3, -0.25) is 0 Å². The summed E-state index contributed by atoms with van der Waals surface area (Å²) in [5, 5.41) is 5.59. The van der Waals surface area contributed by atoms with Crippen molar-refractivity contribution in [2.75, 3.05) is 13.2 Å². The summed E-state index contributed by atoms with van der Waals surface area (Å²) < 4.78 is 5.61. The van der Waals surface area contributed by atoms with Crippen LogP contribution in [0.1, 0.15) is 30.9 Å². The lowest BCUT2D eigenvalue weighted by Crippen LogP contribution is -2.37. The van der Waals surface area contributed by atoms with E-state index in [1.165, 1.54) is 5.56 Å². The number of carbonyl (C=O) groups is 1. The summed E-state index contributed by atoms with van der Waals surface area (Å²) in [5.41, 5.74) is 2.36. The van der Waals surface area contributed by atoms with Crippen LogP contribution in [0.2, 0.25) is 0 Å². The van der Waals surface area contributed by atoms with E-state index >= 15 is 0 Å². The Morgan fingerprint density at radius 1 is 1.00 bits per heavy atom. The molecule has 0 aliphatic heterocycles. The lowest BCUT2D eigenvalue weighted by atomic mass is 10.0. The maximum absolute atomic E-state index is 11.7. The summed E-state index contributed by atoms with van der Waals surface area (Å²) in [6, 6.07) is 17.7. The molecule has 2 rings (SSSR count). The summed E-state index contributed by atoms with van der Waals surface area (Å²) in [6.07, 6.45) is 0. The molecular weight excluding hydrogens is 288 g/mol. The number of rotatable bonds is 7. The Hall–Kier alpha value is -2.49. The largest absolute Gasteiger partial charge is 0.492 e. The highest BCUT2D eigenvalue weighted by Crippen LogP contribution is 2.18. The van der Waals surface area contributed by atoms with Gasteiger partial charge in [0.1, 0.15) is 12.4 Å². The van der Waals surface area contributed by atoms with E-state index in [-0.39, 0.29) is 6.03 Å². The molecule has 0 aliphatic carbocycles. The Labute approximate surface area is 137 Å². The first-order chi connectivity index (χ1) is 11.1. The second-order valence-corrected chi connectivity index (χ2v) is 5.67. The smallest absolute Gasteiger partial charge is 0.315 e. The first kappa shape index (κ1) is 16.9. The highest BCUT2D eigenvalue weighted by molar-refractivity contribution is 5.73. The third-order valence-corrected chi connectivity index (χ3v) is 3.50. The quantitative estimate of drug-likeness (QED) is 0.766. The Bertz CT molecular complexity index is 595. The summed E-state index contributed by atoms with van der Waals surface area (Å²) in [5.74, 6) is 1.33. The first-order valence-electron chi connectivity index (χ1n) is 7.93. The zero-order valence-corrected chi connectivity index (χ0v) is 13.7. The molecule has 2 aromatic rings. The third kappa shape index (κ3) is 6.02. The Balaban J connectivity index is 1.62. The predicted molar refractivity (Wildman–Crippen MR) is 92.7 cm³/mol. The number of ether oxygens (including phenoxy) is 1. The van der Waals surface area contributed by atoms with Crippen LogP contribution < -0.4 is 15.4 Å². The van der Waals surface area contributed by atoms with E-state index in [1.807, 2.05) is 42.5 Å². The molecule has 0 saturated heterocycles. The van der Waals surface area contributed by atoms with Crippen LogP contribution in [0.4, 0.5) is 4.79 Å². The molecule has 4 heteroatoms. The minimum absolute atomic E-state index is 0.187. The average molecular weight is 312 g/mol. The van der Waals surface area contributed by atoms with Crippen LogP contribution in [0.15, 0.2) is 54.6 Å². The van der Waals surface area contributed by atoms with Gasteiger partial charge in [0.25, 0.3) is 0 Å². The fourth-order valence-electron chi connectivity index (χ4n) is 2.12. The normalized spacial score (nSPS) is 10.4.